The number of benzene rings is 1. The molecule has 0 saturated carbocycles. The smallest absolute Gasteiger partial charge is 0.303 e. The van der Waals surface area contributed by atoms with Crippen LogP contribution in [0.15, 0.2) is 18.2 Å². The second kappa shape index (κ2) is 5.49. The Labute approximate surface area is 94.3 Å². The van der Waals surface area contributed by atoms with Gasteiger partial charge in [-0.15, -0.1) is 0 Å². The number of nitrogens with one attached hydrogen (secondary N) is 1. The van der Waals surface area contributed by atoms with Crippen molar-refractivity contribution in [3.63, 3.8) is 0 Å². The van der Waals surface area contributed by atoms with Gasteiger partial charge in [0.05, 0.1) is 5.69 Å². The van der Waals surface area contributed by atoms with Crippen LogP contribution in [0, 0.1) is 5.82 Å². The Kier molecular flexibility index (Phi) is 4.28. The van der Waals surface area contributed by atoms with Crippen LogP contribution in [0.1, 0.15) is 25.8 Å². The van der Waals surface area contributed by atoms with Crippen LogP contribution in [0.4, 0.5) is 10.1 Å². The van der Waals surface area contributed by atoms with Crippen LogP contribution >= 0.6 is 0 Å². The molecule has 0 aliphatic heterocycles. The Morgan fingerprint density at radius 1 is 1.50 bits per heavy atom. The Bertz CT molecular complexity index is 377. The predicted octanol–water partition coefficient (Wildman–Crippen LogP) is 2.66. The molecule has 0 amide bonds. The second-order valence-electron chi connectivity index (χ2n) is 4.01. The molecule has 3 nitrogen and oxygen atoms in total. The topological polar surface area (TPSA) is 49.3 Å². The summed E-state index contributed by atoms with van der Waals surface area (Å²) in [7, 11) is 0. The van der Waals surface area contributed by atoms with Gasteiger partial charge in [-0.05, 0) is 38.0 Å². The lowest BCUT2D eigenvalue weighted by molar-refractivity contribution is -0.136. The highest BCUT2D eigenvalue weighted by Gasteiger charge is 2.05. The minimum Gasteiger partial charge on any atom is -0.481 e. The molecule has 88 valence electrons. The zero-order valence-electron chi connectivity index (χ0n) is 9.46. The molecule has 4 heteroatoms. The summed E-state index contributed by atoms with van der Waals surface area (Å²) in [5.74, 6) is -1.21. The summed E-state index contributed by atoms with van der Waals surface area (Å²) >= 11 is 0. The van der Waals surface area contributed by atoms with Crippen LogP contribution in [0.3, 0.4) is 0 Å². The standard InChI is InChI=1S/C12H16FNO2/c1-8(2)14-11-5-3-9(7-10(11)13)4-6-12(15)16/h3,5,7-8,14H,4,6H2,1-2H3,(H,15,16). The van der Waals surface area contributed by atoms with Crippen molar-refractivity contribution < 1.29 is 14.3 Å². The van der Waals surface area contributed by atoms with E-state index in [4.69, 9.17) is 5.11 Å². The number of hydrogen-bond acceptors (Lipinski definition) is 2. The van der Waals surface area contributed by atoms with Crippen LogP contribution in [-0.4, -0.2) is 17.1 Å². The maximum absolute atomic E-state index is 13.5. The summed E-state index contributed by atoms with van der Waals surface area (Å²) in [5.41, 5.74) is 1.16. The first-order valence-electron chi connectivity index (χ1n) is 5.26. The summed E-state index contributed by atoms with van der Waals surface area (Å²) in [6.07, 6.45) is 0.380. The first-order valence-corrected chi connectivity index (χ1v) is 5.26. The van der Waals surface area contributed by atoms with E-state index in [1.165, 1.54) is 6.07 Å². The molecular formula is C12H16FNO2. The molecule has 0 unspecified atom stereocenters. The number of anilines is 1. The molecule has 0 spiro atoms. The van der Waals surface area contributed by atoms with Gasteiger partial charge in [0.25, 0.3) is 0 Å². The molecule has 1 aromatic carbocycles. The van der Waals surface area contributed by atoms with E-state index in [9.17, 15) is 9.18 Å². The minimum absolute atomic E-state index is 0.0242. The molecule has 0 atom stereocenters. The van der Waals surface area contributed by atoms with E-state index >= 15 is 0 Å². The molecule has 0 aliphatic rings. The lowest BCUT2D eigenvalue weighted by Crippen LogP contribution is -2.11. The van der Waals surface area contributed by atoms with Crippen LogP contribution in [-0.2, 0) is 11.2 Å². The molecule has 0 aromatic heterocycles. The molecule has 0 saturated heterocycles. The van der Waals surface area contributed by atoms with Gasteiger partial charge in [0.2, 0.25) is 0 Å². The van der Waals surface area contributed by atoms with Gasteiger partial charge in [-0.2, -0.15) is 0 Å². The highest BCUT2D eigenvalue weighted by molar-refractivity contribution is 5.67. The van der Waals surface area contributed by atoms with Gasteiger partial charge < -0.3 is 10.4 Å². The Balaban J connectivity index is 2.70. The summed E-state index contributed by atoms with van der Waals surface area (Å²) in [4.78, 5) is 10.4. The van der Waals surface area contributed by atoms with Crippen LogP contribution in [0.5, 0.6) is 0 Å². The number of aryl methyl sites for hydroxylation is 1. The van der Waals surface area contributed by atoms with Crippen molar-refractivity contribution in [2.75, 3.05) is 5.32 Å². The fourth-order valence-corrected chi connectivity index (χ4v) is 1.39. The van der Waals surface area contributed by atoms with E-state index in [0.29, 0.717) is 17.7 Å². The van der Waals surface area contributed by atoms with Gasteiger partial charge in [-0.25, -0.2) is 4.39 Å². The number of carboxylic acids is 1. The third kappa shape index (κ3) is 3.88. The van der Waals surface area contributed by atoms with Crippen molar-refractivity contribution >= 4 is 11.7 Å². The molecule has 0 fully saturated rings. The fourth-order valence-electron chi connectivity index (χ4n) is 1.39. The monoisotopic (exact) mass is 225 g/mol. The SMILES string of the molecule is CC(C)Nc1ccc(CCC(=O)O)cc1F. The highest BCUT2D eigenvalue weighted by Crippen LogP contribution is 2.17. The van der Waals surface area contributed by atoms with E-state index in [0.717, 1.165) is 0 Å². The molecule has 1 aromatic rings. The van der Waals surface area contributed by atoms with Crippen LogP contribution in [0.2, 0.25) is 0 Å². The number of carboxylic acid groups (broad SMARTS) is 1. The van der Waals surface area contributed by atoms with Gasteiger partial charge in [0.1, 0.15) is 5.82 Å². The highest BCUT2D eigenvalue weighted by atomic mass is 19.1. The molecule has 0 radical (unpaired) electrons. The van der Waals surface area contributed by atoms with E-state index in [2.05, 4.69) is 5.32 Å². The number of aliphatic carboxylic acids is 1. The molecule has 2 N–H and O–H groups in total. The average Bonchev–Trinajstić information content (AvgIpc) is 2.18. The molecule has 16 heavy (non-hydrogen) atoms. The Hall–Kier alpha value is -1.58. The van der Waals surface area contributed by atoms with Crippen molar-refractivity contribution in [2.45, 2.75) is 32.7 Å². The van der Waals surface area contributed by atoms with Crippen molar-refractivity contribution in [3.05, 3.63) is 29.6 Å². The number of carbonyl (C=O) groups is 1. The predicted molar refractivity (Wildman–Crippen MR) is 61.1 cm³/mol. The van der Waals surface area contributed by atoms with Crippen molar-refractivity contribution in [1.82, 2.24) is 0 Å². The molecule has 0 aliphatic carbocycles. The maximum atomic E-state index is 13.5. The van der Waals surface area contributed by atoms with Gasteiger partial charge in [-0.1, -0.05) is 6.07 Å². The molecule has 0 bridgehead atoms. The van der Waals surface area contributed by atoms with E-state index in [1.54, 1.807) is 12.1 Å². The fraction of sp³-hybridized carbons (Fsp3) is 0.417. The minimum atomic E-state index is -0.871. The normalized spacial score (nSPS) is 10.5. The number of hydrogen-bond donors (Lipinski definition) is 2. The van der Waals surface area contributed by atoms with Gasteiger partial charge >= 0.3 is 5.97 Å². The van der Waals surface area contributed by atoms with Crippen LogP contribution < -0.4 is 5.32 Å². The van der Waals surface area contributed by atoms with E-state index < -0.39 is 5.97 Å². The summed E-state index contributed by atoms with van der Waals surface area (Å²) in [5, 5.41) is 11.5. The molecule has 0 heterocycles. The molecule has 1 rings (SSSR count). The first-order chi connectivity index (χ1) is 7.49. The maximum Gasteiger partial charge on any atom is 0.303 e. The Morgan fingerprint density at radius 3 is 2.69 bits per heavy atom. The lowest BCUT2D eigenvalue weighted by atomic mass is 10.1. The summed E-state index contributed by atoms with van der Waals surface area (Å²) in [6.45, 7) is 3.86. The van der Waals surface area contributed by atoms with Gasteiger partial charge in [-0.3, -0.25) is 4.79 Å². The zero-order chi connectivity index (χ0) is 12.1. The largest absolute Gasteiger partial charge is 0.481 e. The van der Waals surface area contributed by atoms with Crippen molar-refractivity contribution in [3.8, 4) is 0 Å². The first kappa shape index (κ1) is 12.5. The third-order valence-electron chi connectivity index (χ3n) is 2.11. The van der Waals surface area contributed by atoms with Gasteiger partial charge in [0.15, 0.2) is 0 Å². The molecular weight excluding hydrogens is 209 g/mol. The second-order valence-corrected chi connectivity index (χ2v) is 4.01. The quantitative estimate of drug-likeness (QED) is 0.810. The number of rotatable bonds is 5. The lowest BCUT2D eigenvalue weighted by Gasteiger charge is -2.11. The number of halogens is 1. The average molecular weight is 225 g/mol. The third-order valence-corrected chi connectivity index (χ3v) is 2.11. The zero-order valence-corrected chi connectivity index (χ0v) is 9.46. The van der Waals surface area contributed by atoms with Gasteiger partial charge in [0, 0.05) is 12.5 Å². The van der Waals surface area contributed by atoms with Crippen molar-refractivity contribution in [1.29, 1.82) is 0 Å². The summed E-state index contributed by atoms with van der Waals surface area (Å²) < 4.78 is 13.5. The van der Waals surface area contributed by atoms with E-state index in [-0.39, 0.29) is 18.3 Å². The van der Waals surface area contributed by atoms with Crippen LogP contribution in [0.25, 0.3) is 0 Å². The summed E-state index contributed by atoms with van der Waals surface area (Å²) in [6, 6.07) is 4.94. The van der Waals surface area contributed by atoms with E-state index in [1.807, 2.05) is 13.8 Å². The Morgan fingerprint density at radius 2 is 2.19 bits per heavy atom. The van der Waals surface area contributed by atoms with Crippen molar-refractivity contribution in [2.24, 2.45) is 0 Å².